The maximum atomic E-state index is 12.4. The Morgan fingerprint density at radius 1 is 1.00 bits per heavy atom. The van der Waals surface area contributed by atoms with Gasteiger partial charge in [-0.2, -0.15) is 13.2 Å². The van der Waals surface area contributed by atoms with E-state index in [0.29, 0.717) is 31.1 Å². The normalized spacial score (nSPS) is 35.3. The minimum Gasteiger partial charge on any atom is -0.312 e. The van der Waals surface area contributed by atoms with E-state index in [4.69, 9.17) is 0 Å². The van der Waals surface area contributed by atoms with Gasteiger partial charge in [-0.1, -0.05) is 6.42 Å². The molecule has 3 heterocycles. The average molecular weight is 305 g/mol. The van der Waals surface area contributed by atoms with Crippen molar-refractivity contribution in [2.24, 2.45) is 5.92 Å². The summed E-state index contributed by atoms with van der Waals surface area (Å²) in [6, 6.07) is 1.23. The highest BCUT2D eigenvalue weighted by molar-refractivity contribution is 4.94. The van der Waals surface area contributed by atoms with Gasteiger partial charge in [-0.15, -0.1) is 0 Å². The molecule has 21 heavy (non-hydrogen) atoms. The fourth-order valence-corrected chi connectivity index (χ4v) is 4.28. The van der Waals surface area contributed by atoms with Crippen molar-refractivity contribution in [3.8, 4) is 0 Å². The van der Waals surface area contributed by atoms with Crippen molar-refractivity contribution < 1.29 is 13.2 Å². The molecule has 0 radical (unpaired) electrons. The Kier molecular flexibility index (Phi) is 4.76. The zero-order chi connectivity index (χ0) is 14.9. The van der Waals surface area contributed by atoms with Gasteiger partial charge >= 0.3 is 6.18 Å². The first kappa shape index (κ1) is 15.6. The number of nitrogens with one attached hydrogen (secondary N) is 1. The van der Waals surface area contributed by atoms with Crippen molar-refractivity contribution in [1.29, 1.82) is 0 Å². The molecule has 3 aliphatic heterocycles. The van der Waals surface area contributed by atoms with E-state index in [2.05, 4.69) is 10.2 Å². The Labute approximate surface area is 124 Å². The number of likely N-dealkylation sites (tertiary alicyclic amines) is 1. The van der Waals surface area contributed by atoms with Crippen molar-refractivity contribution in [3.63, 3.8) is 0 Å². The highest BCUT2D eigenvalue weighted by atomic mass is 19.4. The van der Waals surface area contributed by atoms with Crippen LogP contribution >= 0.6 is 0 Å². The number of piperidine rings is 1. The molecule has 0 aromatic heterocycles. The van der Waals surface area contributed by atoms with Crippen LogP contribution in [0.1, 0.15) is 32.1 Å². The molecule has 3 saturated heterocycles. The van der Waals surface area contributed by atoms with Gasteiger partial charge in [0.2, 0.25) is 0 Å². The summed E-state index contributed by atoms with van der Waals surface area (Å²) in [6.07, 6.45) is 1.95. The summed E-state index contributed by atoms with van der Waals surface area (Å²) in [4.78, 5) is 4.14. The van der Waals surface area contributed by atoms with E-state index in [1.165, 1.54) is 38.8 Å². The molecule has 3 aliphatic rings. The van der Waals surface area contributed by atoms with Crippen LogP contribution in [0.2, 0.25) is 0 Å². The topological polar surface area (TPSA) is 18.5 Å². The minimum absolute atomic E-state index is 0.380. The Bertz CT molecular complexity index is 348. The van der Waals surface area contributed by atoms with Gasteiger partial charge in [0.15, 0.2) is 0 Å². The summed E-state index contributed by atoms with van der Waals surface area (Å²) in [5.74, 6) is 0.380. The van der Waals surface area contributed by atoms with Crippen molar-refractivity contribution in [3.05, 3.63) is 0 Å². The summed E-state index contributed by atoms with van der Waals surface area (Å²) in [5.41, 5.74) is 0. The predicted octanol–water partition coefficient (Wildman–Crippen LogP) is 2.09. The van der Waals surface area contributed by atoms with Crippen LogP contribution in [0, 0.1) is 5.92 Å². The zero-order valence-corrected chi connectivity index (χ0v) is 12.5. The number of hydrogen-bond donors (Lipinski definition) is 1. The van der Waals surface area contributed by atoms with Crippen molar-refractivity contribution >= 4 is 0 Å². The van der Waals surface area contributed by atoms with Gasteiger partial charge in [-0.25, -0.2) is 0 Å². The van der Waals surface area contributed by atoms with Crippen LogP contribution in [-0.4, -0.2) is 67.3 Å². The van der Waals surface area contributed by atoms with Crippen LogP contribution in [0.4, 0.5) is 13.2 Å². The van der Waals surface area contributed by atoms with E-state index in [1.54, 1.807) is 4.90 Å². The molecular formula is C15H26F3N3. The first-order chi connectivity index (χ1) is 10.0. The second kappa shape index (κ2) is 6.42. The molecular weight excluding hydrogens is 279 g/mol. The number of halogens is 3. The number of hydrogen-bond acceptors (Lipinski definition) is 3. The highest BCUT2D eigenvalue weighted by Gasteiger charge is 2.37. The molecule has 0 aromatic rings. The lowest BCUT2D eigenvalue weighted by Crippen LogP contribution is -2.46. The number of rotatable bonds is 4. The molecule has 1 N–H and O–H groups in total. The highest BCUT2D eigenvalue weighted by Crippen LogP contribution is 2.28. The Morgan fingerprint density at radius 2 is 1.86 bits per heavy atom. The average Bonchev–Trinajstić information content (AvgIpc) is 3.01. The number of nitrogens with zero attached hydrogens (tertiary/aromatic N) is 2. The van der Waals surface area contributed by atoms with Gasteiger partial charge in [0.25, 0.3) is 0 Å². The summed E-state index contributed by atoms with van der Waals surface area (Å²) < 4.78 is 37.2. The molecule has 0 aromatic carbocycles. The van der Waals surface area contributed by atoms with Gasteiger partial charge in [0, 0.05) is 25.2 Å². The largest absolute Gasteiger partial charge is 0.401 e. The fourth-order valence-electron chi connectivity index (χ4n) is 4.28. The minimum atomic E-state index is -4.06. The first-order valence-electron chi connectivity index (χ1n) is 8.28. The zero-order valence-electron chi connectivity index (χ0n) is 12.5. The summed E-state index contributed by atoms with van der Waals surface area (Å²) in [5, 5.41) is 3.66. The van der Waals surface area contributed by atoms with Gasteiger partial charge in [-0.3, -0.25) is 9.80 Å². The van der Waals surface area contributed by atoms with Crippen LogP contribution in [0.15, 0.2) is 0 Å². The van der Waals surface area contributed by atoms with E-state index >= 15 is 0 Å². The molecule has 122 valence electrons. The molecule has 0 aliphatic carbocycles. The Morgan fingerprint density at radius 3 is 2.67 bits per heavy atom. The molecule has 6 heteroatoms. The van der Waals surface area contributed by atoms with E-state index in [9.17, 15) is 13.2 Å². The molecule has 3 nitrogen and oxygen atoms in total. The molecule has 3 fully saturated rings. The van der Waals surface area contributed by atoms with Crippen LogP contribution in [0.5, 0.6) is 0 Å². The van der Waals surface area contributed by atoms with Crippen molar-refractivity contribution in [2.45, 2.75) is 50.4 Å². The molecule has 0 bridgehead atoms. The van der Waals surface area contributed by atoms with E-state index in [0.717, 1.165) is 13.0 Å². The summed E-state index contributed by atoms with van der Waals surface area (Å²) >= 11 is 0. The lowest BCUT2D eigenvalue weighted by molar-refractivity contribution is -0.143. The third-order valence-electron chi connectivity index (χ3n) is 5.30. The number of alkyl halides is 3. The SMILES string of the molecule is FC(F)(F)CN1CCC(CNC2CCN3CCCCC23)C1. The standard InChI is InChI=1S/C15H26F3N3/c16-15(17,18)11-20-7-4-12(10-20)9-19-13-5-8-21-6-2-1-3-14(13)21/h12-14,19H,1-11H2. The van der Waals surface area contributed by atoms with Crippen LogP contribution in [0.25, 0.3) is 0 Å². The van der Waals surface area contributed by atoms with Gasteiger partial charge in [-0.05, 0) is 51.2 Å². The summed E-state index contributed by atoms with van der Waals surface area (Å²) in [7, 11) is 0. The summed E-state index contributed by atoms with van der Waals surface area (Å²) in [6.45, 7) is 3.73. The smallest absolute Gasteiger partial charge is 0.312 e. The van der Waals surface area contributed by atoms with Crippen LogP contribution in [-0.2, 0) is 0 Å². The lowest BCUT2D eigenvalue weighted by Gasteiger charge is -2.33. The lowest BCUT2D eigenvalue weighted by atomic mass is 9.98. The maximum absolute atomic E-state index is 12.4. The monoisotopic (exact) mass is 305 g/mol. The number of fused-ring (bicyclic) bond motifs is 1. The van der Waals surface area contributed by atoms with Crippen LogP contribution < -0.4 is 5.32 Å². The third kappa shape index (κ3) is 4.11. The van der Waals surface area contributed by atoms with Gasteiger partial charge in [0.05, 0.1) is 6.54 Å². The van der Waals surface area contributed by atoms with E-state index < -0.39 is 12.7 Å². The fraction of sp³-hybridized carbons (Fsp3) is 1.00. The molecule has 3 unspecified atom stereocenters. The van der Waals surface area contributed by atoms with Crippen LogP contribution in [0.3, 0.4) is 0 Å². The molecule has 0 amide bonds. The maximum Gasteiger partial charge on any atom is 0.401 e. The molecule has 3 atom stereocenters. The predicted molar refractivity (Wildman–Crippen MR) is 76.2 cm³/mol. The van der Waals surface area contributed by atoms with Crippen molar-refractivity contribution in [1.82, 2.24) is 15.1 Å². The van der Waals surface area contributed by atoms with Gasteiger partial charge < -0.3 is 5.32 Å². The van der Waals surface area contributed by atoms with E-state index in [-0.39, 0.29) is 0 Å². The molecule has 3 rings (SSSR count). The van der Waals surface area contributed by atoms with Crippen molar-refractivity contribution in [2.75, 3.05) is 39.3 Å². The molecule has 0 saturated carbocycles. The second-order valence-corrected chi connectivity index (χ2v) is 6.91. The Balaban J connectivity index is 1.40. The first-order valence-corrected chi connectivity index (χ1v) is 8.28. The van der Waals surface area contributed by atoms with E-state index in [1.807, 2.05) is 0 Å². The quantitative estimate of drug-likeness (QED) is 0.858. The van der Waals surface area contributed by atoms with Gasteiger partial charge in [0.1, 0.15) is 0 Å². The third-order valence-corrected chi connectivity index (χ3v) is 5.30. The second-order valence-electron chi connectivity index (χ2n) is 6.91. The molecule has 0 spiro atoms. The Hall–Kier alpha value is -0.330.